The molecular formula is C15H30N2. The van der Waals surface area contributed by atoms with E-state index >= 15 is 0 Å². The summed E-state index contributed by atoms with van der Waals surface area (Å²) in [5.74, 6) is 0. The van der Waals surface area contributed by atoms with Crippen LogP contribution in [0, 0.1) is 0 Å². The highest BCUT2D eigenvalue weighted by molar-refractivity contribution is 5.03. The zero-order valence-electron chi connectivity index (χ0n) is 12.2. The van der Waals surface area contributed by atoms with Gasteiger partial charge in [-0.2, -0.15) is 0 Å². The van der Waals surface area contributed by atoms with Gasteiger partial charge in [0.05, 0.1) is 0 Å². The molecule has 100 valence electrons. The zero-order valence-corrected chi connectivity index (χ0v) is 12.2. The molecule has 1 atom stereocenters. The Morgan fingerprint density at radius 1 is 1.24 bits per heavy atom. The van der Waals surface area contributed by atoms with Crippen molar-refractivity contribution >= 4 is 0 Å². The summed E-state index contributed by atoms with van der Waals surface area (Å²) < 4.78 is 0. The van der Waals surface area contributed by atoms with Crippen LogP contribution in [0.1, 0.15) is 66.2 Å². The van der Waals surface area contributed by atoms with Crippen LogP contribution >= 0.6 is 0 Å². The predicted molar refractivity (Wildman–Crippen MR) is 74.4 cm³/mol. The number of nitrogens with one attached hydrogen (secondary N) is 1. The fraction of sp³-hybridized carbons (Fsp3) is 1.00. The topological polar surface area (TPSA) is 15.3 Å². The van der Waals surface area contributed by atoms with E-state index in [-0.39, 0.29) is 0 Å². The Labute approximate surface area is 107 Å². The lowest BCUT2D eigenvalue weighted by molar-refractivity contribution is -0.00233. The molecule has 0 aromatic heterocycles. The van der Waals surface area contributed by atoms with Crippen molar-refractivity contribution in [2.24, 2.45) is 0 Å². The number of rotatable bonds is 3. The third-order valence-electron chi connectivity index (χ3n) is 5.30. The number of piperazine rings is 1. The van der Waals surface area contributed by atoms with Gasteiger partial charge < -0.3 is 5.32 Å². The molecule has 2 rings (SSSR count). The molecule has 1 unspecified atom stereocenters. The largest absolute Gasteiger partial charge is 0.308 e. The van der Waals surface area contributed by atoms with Crippen molar-refractivity contribution in [2.45, 2.75) is 83.3 Å². The van der Waals surface area contributed by atoms with Crippen molar-refractivity contribution in [1.82, 2.24) is 10.2 Å². The van der Waals surface area contributed by atoms with E-state index in [1.165, 1.54) is 51.6 Å². The van der Waals surface area contributed by atoms with Gasteiger partial charge in [-0.25, -0.2) is 0 Å². The van der Waals surface area contributed by atoms with Crippen LogP contribution < -0.4 is 5.32 Å². The maximum atomic E-state index is 3.88. The highest BCUT2D eigenvalue weighted by Gasteiger charge is 2.44. The number of nitrogens with zero attached hydrogens (tertiary/aromatic N) is 1. The SMILES string of the molecule is CCC1CNC2(CCCC2)CN1C(C)(C)CC. The Morgan fingerprint density at radius 2 is 1.88 bits per heavy atom. The molecule has 1 spiro atoms. The van der Waals surface area contributed by atoms with Gasteiger partial charge in [-0.3, -0.25) is 4.90 Å². The first-order chi connectivity index (χ1) is 8.03. The second kappa shape index (κ2) is 4.89. The average molecular weight is 238 g/mol. The Kier molecular flexibility index (Phi) is 3.84. The van der Waals surface area contributed by atoms with Crippen LogP contribution in [-0.2, 0) is 0 Å². The van der Waals surface area contributed by atoms with Crippen LogP contribution in [0.2, 0.25) is 0 Å². The predicted octanol–water partition coefficient (Wildman–Crippen LogP) is 3.17. The van der Waals surface area contributed by atoms with E-state index in [1.54, 1.807) is 0 Å². The molecule has 1 saturated heterocycles. The molecule has 17 heavy (non-hydrogen) atoms. The minimum Gasteiger partial charge on any atom is -0.308 e. The molecule has 0 aromatic rings. The van der Waals surface area contributed by atoms with E-state index in [1.807, 2.05) is 0 Å². The lowest BCUT2D eigenvalue weighted by Crippen LogP contribution is -2.67. The summed E-state index contributed by atoms with van der Waals surface area (Å²) in [6.45, 7) is 12.0. The Hall–Kier alpha value is -0.0800. The minimum absolute atomic E-state index is 0.359. The van der Waals surface area contributed by atoms with Crippen LogP contribution in [0.4, 0.5) is 0 Å². The van der Waals surface area contributed by atoms with Crippen LogP contribution in [0.15, 0.2) is 0 Å². The first kappa shape index (κ1) is 13.4. The van der Waals surface area contributed by atoms with Crippen molar-refractivity contribution in [3.8, 4) is 0 Å². The average Bonchev–Trinajstić information content (AvgIpc) is 2.77. The summed E-state index contributed by atoms with van der Waals surface area (Å²) in [4.78, 5) is 2.80. The van der Waals surface area contributed by atoms with Crippen LogP contribution in [0.5, 0.6) is 0 Å². The molecule has 1 N–H and O–H groups in total. The monoisotopic (exact) mass is 238 g/mol. The standard InChI is InChI=1S/C15H30N2/c1-5-13-11-16-15(9-7-8-10-15)12-17(13)14(3,4)6-2/h13,16H,5-12H2,1-4H3. The zero-order chi connectivity index (χ0) is 12.5. The van der Waals surface area contributed by atoms with E-state index in [9.17, 15) is 0 Å². The smallest absolute Gasteiger partial charge is 0.0309 e. The second-order valence-corrected chi connectivity index (χ2v) is 6.72. The van der Waals surface area contributed by atoms with E-state index in [4.69, 9.17) is 0 Å². The van der Waals surface area contributed by atoms with Crippen LogP contribution in [0.25, 0.3) is 0 Å². The molecular weight excluding hydrogens is 208 g/mol. The molecule has 2 fully saturated rings. The van der Waals surface area contributed by atoms with Gasteiger partial charge in [-0.1, -0.05) is 26.7 Å². The quantitative estimate of drug-likeness (QED) is 0.812. The molecule has 0 amide bonds. The molecule has 2 heteroatoms. The highest BCUT2D eigenvalue weighted by atomic mass is 15.3. The van der Waals surface area contributed by atoms with Crippen molar-refractivity contribution < 1.29 is 0 Å². The minimum atomic E-state index is 0.359. The lowest BCUT2D eigenvalue weighted by atomic mass is 9.86. The summed E-state index contributed by atoms with van der Waals surface area (Å²) >= 11 is 0. The van der Waals surface area contributed by atoms with Gasteiger partial charge in [-0.05, 0) is 39.5 Å². The fourth-order valence-electron chi connectivity index (χ4n) is 3.62. The summed E-state index contributed by atoms with van der Waals surface area (Å²) in [7, 11) is 0. The van der Waals surface area contributed by atoms with E-state index in [0.29, 0.717) is 11.1 Å². The van der Waals surface area contributed by atoms with Gasteiger partial charge >= 0.3 is 0 Å². The Balaban J connectivity index is 2.14. The number of hydrogen-bond donors (Lipinski definition) is 1. The maximum Gasteiger partial charge on any atom is 0.0309 e. The summed E-state index contributed by atoms with van der Waals surface area (Å²) in [6.07, 6.45) is 8.14. The van der Waals surface area contributed by atoms with Gasteiger partial charge in [0.15, 0.2) is 0 Å². The van der Waals surface area contributed by atoms with Gasteiger partial charge in [-0.15, -0.1) is 0 Å². The highest BCUT2D eigenvalue weighted by Crippen LogP contribution is 2.36. The molecule has 2 nitrogen and oxygen atoms in total. The van der Waals surface area contributed by atoms with Crippen molar-refractivity contribution in [2.75, 3.05) is 13.1 Å². The molecule has 1 heterocycles. The molecule has 0 radical (unpaired) electrons. The first-order valence-corrected chi connectivity index (χ1v) is 7.55. The fourth-order valence-corrected chi connectivity index (χ4v) is 3.62. The van der Waals surface area contributed by atoms with Crippen LogP contribution in [0.3, 0.4) is 0 Å². The Morgan fingerprint density at radius 3 is 2.41 bits per heavy atom. The van der Waals surface area contributed by atoms with Crippen molar-refractivity contribution in [3.05, 3.63) is 0 Å². The lowest BCUT2D eigenvalue weighted by Gasteiger charge is -2.52. The summed E-state index contributed by atoms with van der Waals surface area (Å²) in [6, 6.07) is 0.733. The van der Waals surface area contributed by atoms with Gasteiger partial charge in [0.2, 0.25) is 0 Å². The molecule has 2 aliphatic rings. The molecule has 0 bridgehead atoms. The van der Waals surface area contributed by atoms with Gasteiger partial charge in [0.1, 0.15) is 0 Å². The van der Waals surface area contributed by atoms with Crippen molar-refractivity contribution in [1.29, 1.82) is 0 Å². The normalized spacial score (nSPS) is 30.0. The van der Waals surface area contributed by atoms with Crippen LogP contribution in [-0.4, -0.2) is 35.1 Å². The van der Waals surface area contributed by atoms with Crippen molar-refractivity contribution in [3.63, 3.8) is 0 Å². The molecule has 1 aliphatic heterocycles. The first-order valence-electron chi connectivity index (χ1n) is 7.55. The molecule has 0 aromatic carbocycles. The Bertz CT molecular complexity index is 254. The summed E-state index contributed by atoms with van der Waals surface area (Å²) in [5, 5.41) is 3.88. The maximum absolute atomic E-state index is 3.88. The third kappa shape index (κ3) is 2.53. The number of hydrogen-bond acceptors (Lipinski definition) is 2. The molecule has 1 saturated carbocycles. The summed E-state index contributed by atoms with van der Waals surface area (Å²) in [5.41, 5.74) is 0.816. The van der Waals surface area contributed by atoms with Gasteiger partial charge in [0.25, 0.3) is 0 Å². The van der Waals surface area contributed by atoms with E-state index in [2.05, 4.69) is 37.9 Å². The third-order valence-corrected chi connectivity index (χ3v) is 5.30. The second-order valence-electron chi connectivity index (χ2n) is 6.72. The van der Waals surface area contributed by atoms with Gasteiger partial charge in [0, 0.05) is 30.2 Å². The molecule has 1 aliphatic carbocycles. The van der Waals surface area contributed by atoms with E-state index in [0.717, 1.165) is 6.04 Å². The van der Waals surface area contributed by atoms with E-state index < -0.39 is 0 Å².